The number of rotatable bonds is 6. The van der Waals surface area contributed by atoms with Crippen LogP contribution in [0.5, 0.6) is 5.75 Å². The van der Waals surface area contributed by atoms with Crippen LogP contribution in [-0.2, 0) is 14.8 Å². The molecular weight excluding hydrogens is 388 g/mol. The van der Waals surface area contributed by atoms with Crippen molar-refractivity contribution in [2.75, 3.05) is 11.9 Å². The van der Waals surface area contributed by atoms with Crippen molar-refractivity contribution in [2.45, 2.75) is 31.2 Å². The zero-order chi connectivity index (χ0) is 21.1. The summed E-state index contributed by atoms with van der Waals surface area (Å²) in [5.74, 6) is 0.300. The molecule has 0 aliphatic heterocycles. The Morgan fingerprint density at radius 3 is 2.28 bits per heavy atom. The van der Waals surface area contributed by atoms with Crippen molar-refractivity contribution in [3.8, 4) is 5.75 Å². The van der Waals surface area contributed by atoms with Gasteiger partial charge in [-0.3, -0.25) is 4.79 Å². The van der Waals surface area contributed by atoms with E-state index in [1.165, 1.54) is 12.1 Å². The van der Waals surface area contributed by atoms with Crippen LogP contribution in [0.15, 0.2) is 71.6 Å². The standard InChI is InChI=1S/C22H24N2O4S/c1-22(2,3)24-29(26,27)18-13-11-17(12-14-18)23-21(25)15-28-20-10-6-8-16-7-4-5-9-19(16)20/h4-14,24H,15H2,1-3H3,(H,23,25). The van der Waals surface area contributed by atoms with Crippen molar-refractivity contribution < 1.29 is 17.9 Å². The summed E-state index contributed by atoms with van der Waals surface area (Å²) in [5.41, 5.74) is -0.0868. The summed E-state index contributed by atoms with van der Waals surface area (Å²) in [4.78, 5) is 12.4. The largest absolute Gasteiger partial charge is 0.483 e. The molecule has 6 nitrogen and oxygen atoms in total. The average Bonchev–Trinajstić information content (AvgIpc) is 2.65. The highest BCUT2D eigenvalue weighted by Gasteiger charge is 2.21. The summed E-state index contributed by atoms with van der Waals surface area (Å²) < 4.78 is 32.9. The molecule has 0 radical (unpaired) electrons. The number of nitrogens with one attached hydrogen (secondary N) is 2. The van der Waals surface area contributed by atoms with Crippen LogP contribution in [0.25, 0.3) is 10.8 Å². The Morgan fingerprint density at radius 2 is 1.59 bits per heavy atom. The highest BCUT2D eigenvalue weighted by molar-refractivity contribution is 7.89. The predicted molar refractivity (Wildman–Crippen MR) is 115 cm³/mol. The van der Waals surface area contributed by atoms with Crippen molar-refractivity contribution in [1.82, 2.24) is 4.72 Å². The Balaban J connectivity index is 1.62. The first-order valence-electron chi connectivity index (χ1n) is 9.18. The van der Waals surface area contributed by atoms with Gasteiger partial charge in [0.25, 0.3) is 5.91 Å². The molecule has 3 rings (SSSR count). The van der Waals surface area contributed by atoms with Gasteiger partial charge >= 0.3 is 0 Å². The van der Waals surface area contributed by atoms with Gasteiger partial charge in [0, 0.05) is 16.6 Å². The van der Waals surface area contributed by atoms with Gasteiger partial charge in [-0.05, 0) is 56.5 Å². The number of carbonyl (C=O) groups excluding carboxylic acids is 1. The van der Waals surface area contributed by atoms with Crippen LogP contribution in [0.1, 0.15) is 20.8 Å². The number of amides is 1. The van der Waals surface area contributed by atoms with Crippen LogP contribution in [0.3, 0.4) is 0 Å². The van der Waals surface area contributed by atoms with Gasteiger partial charge in [0.2, 0.25) is 10.0 Å². The van der Waals surface area contributed by atoms with Gasteiger partial charge in [0.1, 0.15) is 5.75 Å². The average molecular weight is 413 g/mol. The fraction of sp³-hybridized carbons (Fsp3) is 0.227. The topological polar surface area (TPSA) is 84.5 Å². The molecule has 0 aromatic heterocycles. The molecule has 0 saturated heterocycles. The molecule has 0 fully saturated rings. The number of benzene rings is 3. The molecule has 3 aromatic rings. The molecule has 0 atom stereocenters. The van der Waals surface area contributed by atoms with Crippen LogP contribution in [0, 0.1) is 0 Å². The third kappa shape index (κ3) is 5.56. The minimum Gasteiger partial charge on any atom is -0.483 e. The van der Waals surface area contributed by atoms with E-state index in [4.69, 9.17) is 4.74 Å². The quantitative estimate of drug-likeness (QED) is 0.642. The number of anilines is 1. The van der Waals surface area contributed by atoms with E-state index in [-0.39, 0.29) is 17.4 Å². The highest BCUT2D eigenvalue weighted by atomic mass is 32.2. The molecule has 0 saturated carbocycles. The van der Waals surface area contributed by atoms with E-state index in [1.807, 2.05) is 42.5 Å². The summed E-state index contributed by atoms with van der Waals surface area (Å²) in [5, 5.41) is 4.68. The Labute approximate surface area is 170 Å². The molecule has 0 aliphatic carbocycles. The van der Waals surface area contributed by atoms with E-state index in [0.29, 0.717) is 11.4 Å². The third-order valence-corrected chi connectivity index (χ3v) is 5.77. The summed E-state index contributed by atoms with van der Waals surface area (Å²) in [6.07, 6.45) is 0. The minimum atomic E-state index is -3.62. The van der Waals surface area contributed by atoms with Crippen molar-refractivity contribution in [3.63, 3.8) is 0 Å². The maximum Gasteiger partial charge on any atom is 0.262 e. The Hall–Kier alpha value is -2.90. The molecule has 0 heterocycles. The lowest BCUT2D eigenvalue weighted by atomic mass is 10.1. The lowest BCUT2D eigenvalue weighted by molar-refractivity contribution is -0.118. The van der Waals surface area contributed by atoms with Crippen LogP contribution < -0.4 is 14.8 Å². The second-order valence-corrected chi connectivity index (χ2v) is 9.38. The molecule has 0 unspecified atom stereocenters. The number of sulfonamides is 1. The molecule has 0 spiro atoms. The monoisotopic (exact) mass is 412 g/mol. The smallest absolute Gasteiger partial charge is 0.262 e. The lowest BCUT2D eigenvalue weighted by Gasteiger charge is -2.20. The summed E-state index contributed by atoms with van der Waals surface area (Å²) >= 11 is 0. The number of carbonyl (C=O) groups is 1. The fourth-order valence-corrected chi connectivity index (χ4v) is 4.26. The Kier molecular flexibility index (Phi) is 5.91. The van der Waals surface area contributed by atoms with Crippen LogP contribution >= 0.6 is 0 Å². The Bertz CT molecular complexity index is 1110. The molecule has 152 valence electrons. The first-order valence-corrected chi connectivity index (χ1v) is 10.7. The number of hydrogen-bond donors (Lipinski definition) is 2. The Morgan fingerprint density at radius 1 is 0.931 bits per heavy atom. The number of fused-ring (bicyclic) bond motifs is 1. The van der Waals surface area contributed by atoms with Crippen LogP contribution in [0.4, 0.5) is 5.69 Å². The van der Waals surface area contributed by atoms with Crippen molar-refractivity contribution in [1.29, 1.82) is 0 Å². The van der Waals surface area contributed by atoms with Crippen molar-refractivity contribution >= 4 is 32.4 Å². The predicted octanol–water partition coefficient (Wildman–Crippen LogP) is 3.93. The van der Waals surface area contributed by atoms with Gasteiger partial charge in [-0.2, -0.15) is 0 Å². The molecule has 0 bridgehead atoms. The van der Waals surface area contributed by atoms with E-state index in [0.717, 1.165) is 10.8 Å². The first kappa shape index (κ1) is 20.8. The number of hydrogen-bond acceptors (Lipinski definition) is 4. The summed E-state index contributed by atoms with van der Waals surface area (Å²) in [6.45, 7) is 5.17. The van der Waals surface area contributed by atoms with E-state index in [1.54, 1.807) is 32.9 Å². The fourth-order valence-electron chi connectivity index (χ4n) is 2.84. The summed E-state index contributed by atoms with van der Waals surface area (Å²) in [7, 11) is -3.62. The molecule has 7 heteroatoms. The van der Waals surface area contributed by atoms with E-state index in [2.05, 4.69) is 10.0 Å². The zero-order valence-corrected chi connectivity index (χ0v) is 17.4. The normalized spacial score (nSPS) is 12.0. The van der Waals surface area contributed by atoms with E-state index < -0.39 is 15.6 Å². The SMILES string of the molecule is CC(C)(C)NS(=O)(=O)c1ccc(NC(=O)COc2cccc3ccccc23)cc1. The number of ether oxygens (including phenoxy) is 1. The first-order chi connectivity index (χ1) is 13.6. The van der Waals surface area contributed by atoms with Gasteiger partial charge in [0.05, 0.1) is 4.90 Å². The maximum absolute atomic E-state index is 12.3. The lowest BCUT2D eigenvalue weighted by Crippen LogP contribution is -2.40. The van der Waals surface area contributed by atoms with Gasteiger partial charge in [0.15, 0.2) is 6.61 Å². The van der Waals surface area contributed by atoms with Gasteiger partial charge < -0.3 is 10.1 Å². The molecule has 2 N–H and O–H groups in total. The second-order valence-electron chi connectivity index (χ2n) is 7.69. The van der Waals surface area contributed by atoms with Gasteiger partial charge in [-0.25, -0.2) is 13.1 Å². The minimum absolute atomic E-state index is 0.137. The molecule has 3 aromatic carbocycles. The molecule has 29 heavy (non-hydrogen) atoms. The van der Waals surface area contributed by atoms with E-state index >= 15 is 0 Å². The second kappa shape index (κ2) is 8.23. The maximum atomic E-state index is 12.3. The van der Waals surface area contributed by atoms with Crippen molar-refractivity contribution in [3.05, 3.63) is 66.7 Å². The van der Waals surface area contributed by atoms with E-state index in [9.17, 15) is 13.2 Å². The highest BCUT2D eigenvalue weighted by Crippen LogP contribution is 2.25. The summed E-state index contributed by atoms with van der Waals surface area (Å²) in [6, 6.07) is 19.5. The molecule has 1 amide bonds. The van der Waals surface area contributed by atoms with Crippen LogP contribution in [0.2, 0.25) is 0 Å². The van der Waals surface area contributed by atoms with Crippen LogP contribution in [-0.4, -0.2) is 26.5 Å². The molecule has 0 aliphatic rings. The van der Waals surface area contributed by atoms with Crippen molar-refractivity contribution in [2.24, 2.45) is 0 Å². The third-order valence-electron chi connectivity index (χ3n) is 4.00. The van der Waals surface area contributed by atoms with Gasteiger partial charge in [-0.15, -0.1) is 0 Å². The van der Waals surface area contributed by atoms with Gasteiger partial charge in [-0.1, -0.05) is 36.4 Å². The zero-order valence-electron chi connectivity index (χ0n) is 16.6. The molecular formula is C22H24N2O4S.